The van der Waals surface area contributed by atoms with E-state index in [2.05, 4.69) is 29.6 Å². The third-order valence-corrected chi connectivity index (χ3v) is 5.41. The van der Waals surface area contributed by atoms with Crippen molar-refractivity contribution in [3.05, 3.63) is 65.7 Å². The number of aryl methyl sites for hydroxylation is 1. The zero-order valence-electron chi connectivity index (χ0n) is 16.2. The molecule has 1 amide bonds. The lowest BCUT2D eigenvalue weighted by Gasteiger charge is -2.16. The van der Waals surface area contributed by atoms with Crippen LogP contribution in [0.5, 0.6) is 0 Å². The largest absolute Gasteiger partial charge is 0.272 e. The fourth-order valence-electron chi connectivity index (χ4n) is 3.78. The van der Waals surface area contributed by atoms with Gasteiger partial charge in [-0.3, -0.25) is 4.79 Å². The molecule has 1 aromatic heterocycles. The van der Waals surface area contributed by atoms with Gasteiger partial charge in [0.15, 0.2) is 0 Å². The Morgan fingerprint density at radius 2 is 1.82 bits per heavy atom. The zero-order chi connectivity index (χ0) is 19.3. The Kier molecular flexibility index (Phi) is 5.47. The molecule has 4 rings (SSSR count). The van der Waals surface area contributed by atoms with Crippen molar-refractivity contribution in [1.82, 2.24) is 10.4 Å². The summed E-state index contributed by atoms with van der Waals surface area (Å²) in [6.45, 7) is 2.06. The molecular formula is C24H25N3O. The lowest BCUT2D eigenvalue weighted by molar-refractivity contribution is 0.0956. The number of carbonyl (C=O) groups excluding carboxylic acids is 1. The Morgan fingerprint density at radius 3 is 2.61 bits per heavy atom. The molecule has 1 aliphatic rings. The second-order valence-electron chi connectivity index (χ2n) is 7.56. The molecule has 0 spiro atoms. The number of hydrazone groups is 1. The van der Waals surface area contributed by atoms with Crippen LogP contribution in [-0.2, 0) is 0 Å². The van der Waals surface area contributed by atoms with Crippen LogP contribution in [-0.4, -0.2) is 17.1 Å². The van der Waals surface area contributed by atoms with E-state index in [4.69, 9.17) is 4.98 Å². The molecule has 2 aromatic carbocycles. The highest BCUT2D eigenvalue weighted by Gasteiger charge is 2.14. The molecule has 0 atom stereocenters. The second kappa shape index (κ2) is 8.34. The molecule has 4 nitrogen and oxygen atoms in total. The first-order chi connectivity index (χ1) is 13.7. The van der Waals surface area contributed by atoms with Crippen molar-refractivity contribution in [2.45, 2.75) is 39.0 Å². The molecule has 0 saturated heterocycles. The van der Waals surface area contributed by atoms with Crippen LogP contribution in [0, 0.1) is 12.8 Å². The van der Waals surface area contributed by atoms with Crippen LogP contribution in [0.4, 0.5) is 0 Å². The lowest BCUT2D eigenvalue weighted by Crippen LogP contribution is -2.20. The van der Waals surface area contributed by atoms with Crippen molar-refractivity contribution >= 4 is 23.0 Å². The van der Waals surface area contributed by atoms with Gasteiger partial charge >= 0.3 is 0 Å². The summed E-state index contributed by atoms with van der Waals surface area (Å²) in [6, 6.07) is 17.8. The molecule has 142 valence electrons. The topological polar surface area (TPSA) is 54.4 Å². The first-order valence-electron chi connectivity index (χ1n) is 10.0. The van der Waals surface area contributed by atoms with E-state index in [0.29, 0.717) is 11.5 Å². The van der Waals surface area contributed by atoms with Gasteiger partial charge in [-0.25, -0.2) is 10.4 Å². The van der Waals surface area contributed by atoms with Crippen LogP contribution >= 0.6 is 0 Å². The van der Waals surface area contributed by atoms with Crippen LogP contribution in [0.1, 0.15) is 48.0 Å². The number of nitrogens with zero attached hydrogens (tertiary/aromatic N) is 2. The average molecular weight is 371 g/mol. The van der Waals surface area contributed by atoms with Gasteiger partial charge in [0.25, 0.3) is 5.91 Å². The number of amides is 1. The number of hydrogen-bond donors (Lipinski definition) is 1. The number of benzene rings is 2. The van der Waals surface area contributed by atoms with Crippen molar-refractivity contribution < 1.29 is 4.79 Å². The van der Waals surface area contributed by atoms with Gasteiger partial charge in [0.2, 0.25) is 0 Å². The SMILES string of the molecule is Cc1ccc(-c2cc(C(=O)N/N=C/C3CCCCC3)c3ccccc3n2)cc1. The Hall–Kier alpha value is -3.01. The summed E-state index contributed by atoms with van der Waals surface area (Å²) in [6.07, 6.45) is 8.03. The molecule has 1 heterocycles. The van der Waals surface area contributed by atoms with Crippen molar-refractivity contribution in [2.75, 3.05) is 0 Å². The van der Waals surface area contributed by atoms with Crippen LogP contribution in [0.2, 0.25) is 0 Å². The van der Waals surface area contributed by atoms with Crippen molar-refractivity contribution in [1.29, 1.82) is 0 Å². The standard InChI is InChI=1S/C24H25N3O/c1-17-11-13-19(14-12-17)23-15-21(20-9-5-6-10-22(20)26-23)24(28)27-25-16-18-7-3-2-4-8-18/h5-6,9-16,18H,2-4,7-8H2,1H3,(H,27,28)/b25-16+. The van der Waals surface area contributed by atoms with E-state index in [1.54, 1.807) is 0 Å². The summed E-state index contributed by atoms with van der Waals surface area (Å²) in [5, 5.41) is 5.08. The second-order valence-corrected chi connectivity index (χ2v) is 7.56. The third-order valence-electron chi connectivity index (χ3n) is 5.41. The molecule has 0 bridgehead atoms. The molecule has 28 heavy (non-hydrogen) atoms. The Labute approximate surface area is 165 Å². The first-order valence-corrected chi connectivity index (χ1v) is 10.0. The minimum atomic E-state index is -0.195. The Balaban J connectivity index is 1.63. The van der Waals surface area contributed by atoms with Gasteiger partial charge in [-0.15, -0.1) is 0 Å². The summed E-state index contributed by atoms with van der Waals surface area (Å²) < 4.78 is 0. The van der Waals surface area contributed by atoms with Gasteiger partial charge in [-0.2, -0.15) is 5.10 Å². The molecule has 1 saturated carbocycles. The number of carbonyl (C=O) groups is 1. The molecule has 1 N–H and O–H groups in total. The molecule has 4 heteroatoms. The van der Waals surface area contributed by atoms with Crippen LogP contribution in [0.25, 0.3) is 22.2 Å². The summed E-state index contributed by atoms with van der Waals surface area (Å²) in [5.74, 6) is 0.283. The number of para-hydroxylation sites is 1. The average Bonchev–Trinajstić information content (AvgIpc) is 2.74. The van der Waals surface area contributed by atoms with Gasteiger partial charge in [-0.05, 0) is 37.8 Å². The highest BCUT2D eigenvalue weighted by Crippen LogP contribution is 2.25. The summed E-state index contributed by atoms with van der Waals surface area (Å²) in [4.78, 5) is 17.6. The summed E-state index contributed by atoms with van der Waals surface area (Å²) in [7, 11) is 0. The summed E-state index contributed by atoms with van der Waals surface area (Å²) in [5.41, 5.74) is 7.12. The van der Waals surface area contributed by atoms with Crippen molar-refractivity contribution in [2.24, 2.45) is 11.0 Å². The maximum Gasteiger partial charge on any atom is 0.272 e. The van der Waals surface area contributed by atoms with E-state index >= 15 is 0 Å². The highest BCUT2D eigenvalue weighted by molar-refractivity contribution is 6.07. The van der Waals surface area contributed by atoms with Crippen LogP contribution < -0.4 is 5.43 Å². The zero-order valence-corrected chi connectivity index (χ0v) is 16.2. The van der Waals surface area contributed by atoms with Gasteiger partial charge in [0.1, 0.15) is 0 Å². The maximum atomic E-state index is 12.9. The molecule has 0 radical (unpaired) electrons. The summed E-state index contributed by atoms with van der Waals surface area (Å²) >= 11 is 0. The Bertz CT molecular complexity index is 1000. The third kappa shape index (κ3) is 4.11. The smallest absolute Gasteiger partial charge is 0.267 e. The highest BCUT2D eigenvalue weighted by atomic mass is 16.2. The molecule has 1 aliphatic carbocycles. The predicted molar refractivity (Wildman–Crippen MR) is 114 cm³/mol. The Morgan fingerprint density at radius 1 is 1.07 bits per heavy atom. The number of aromatic nitrogens is 1. The molecular weight excluding hydrogens is 346 g/mol. The molecule has 3 aromatic rings. The van der Waals surface area contributed by atoms with Gasteiger partial charge in [-0.1, -0.05) is 67.3 Å². The molecule has 0 unspecified atom stereocenters. The lowest BCUT2D eigenvalue weighted by atomic mass is 9.90. The maximum absolute atomic E-state index is 12.9. The van der Waals surface area contributed by atoms with E-state index < -0.39 is 0 Å². The fraction of sp³-hybridized carbons (Fsp3) is 0.292. The molecule has 0 aliphatic heterocycles. The number of fused-ring (bicyclic) bond motifs is 1. The van der Waals surface area contributed by atoms with Crippen LogP contribution in [0.3, 0.4) is 0 Å². The van der Waals surface area contributed by atoms with Gasteiger partial charge in [0, 0.05) is 17.2 Å². The van der Waals surface area contributed by atoms with Crippen molar-refractivity contribution in [3.8, 4) is 11.3 Å². The number of rotatable bonds is 4. The normalized spacial score (nSPS) is 15.2. The van der Waals surface area contributed by atoms with E-state index in [1.807, 2.05) is 48.7 Å². The van der Waals surface area contributed by atoms with Crippen LogP contribution in [0.15, 0.2) is 59.7 Å². The first kappa shape index (κ1) is 18.4. The van der Waals surface area contributed by atoms with Crippen molar-refractivity contribution in [3.63, 3.8) is 0 Å². The number of nitrogens with one attached hydrogen (secondary N) is 1. The van der Waals surface area contributed by atoms with Gasteiger partial charge in [0.05, 0.1) is 16.8 Å². The monoisotopic (exact) mass is 371 g/mol. The minimum absolute atomic E-state index is 0.195. The fourth-order valence-corrected chi connectivity index (χ4v) is 3.78. The predicted octanol–water partition coefficient (Wildman–Crippen LogP) is 5.51. The number of hydrogen-bond acceptors (Lipinski definition) is 3. The van der Waals surface area contributed by atoms with E-state index in [1.165, 1.54) is 24.8 Å². The van der Waals surface area contributed by atoms with E-state index in [-0.39, 0.29) is 5.91 Å². The molecule has 1 fully saturated rings. The minimum Gasteiger partial charge on any atom is -0.267 e. The van der Waals surface area contributed by atoms with E-state index in [9.17, 15) is 4.79 Å². The van der Waals surface area contributed by atoms with E-state index in [0.717, 1.165) is 35.0 Å². The van der Waals surface area contributed by atoms with Gasteiger partial charge < -0.3 is 0 Å². The number of pyridine rings is 1. The quantitative estimate of drug-likeness (QED) is 0.486.